The maximum absolute atomic E-state index is 13.1. The van der Waals surface area contributed by atoms with Crippen LogP contribution in [0.4, 0.5) is 4.39 Å². The van der Waals surface area contributed by atoms with Crippen molar-refractivity contribution in [2.45, 2.75) is 36.5 Å². The fourth-order valence-corrected chi connectivity index (χ4v) is 3.68. The van der Waals surface area contributed by atoms with Crippen molar-refractivity contribution in [3.63, 3.8) is 0 Å². The quantitative estimate of drug-likeness (QED) is 0.841. The van der Waals surface area contributed by atoms with Crippen molar-refractivity contribution in [1.29, 1.82) is 0 Å². The van der Waals surface area contributed by atoms with Gasteiger partial charge in [-0.15, -0.1) is 0 Å². The molecule has 19 heavy (non-hydrogen) atoms. The third kappa shape index (κ3) is 3.94. The first kappa shape index (κ1) is 14.8. The Kier molecular flexibility index (Phi) is 5.25. The Hall–Kier alpha value is -0.580. The molecule has 0 spiro atoms. The summed E-state index contributed by atoms with van der Waals surface area (Å²) in [7, 11) is 0. The molecule has 1 aliphatic carbocycles. The summed E-state index contributed by atoms with van der Waals surface area (Å²) in [4.78, 5) is 0. The summed E-state index contributed by atoms with van der Waals surface area (Å²) in [5, 5.41) is 13.4. The molecule has 0 aromatic heterocycles. The molecule has 106 valence electrons. The number of nitrogens with one attached hydrogen (secondary N) is 1. The van der Waals surface area contributed by atoms with E-state index < -0.39 is 6.10 Å². The van der Waals surface area contributed by atoms with Crippen LogP contribution in [-0.4, -0.2) is 29.2 Å². The van der Waals surface area contributed by atoms with Gasteiger partial charge in [0.2, 0.25) is 0 Å². The van der Waals surface area contributed by atoms with Gasteiger partial charge in [0, 0.05) is 17.8 Å². The van der Waals surface area contributed by atoms with E-state index in [1.165, 1.54) is 37.8 Å². The molecule has 2 N–H and O–H groups in total. The van der Waals surface area contributed by atoms with Crippen molar-refractivity contribution in [2.24, 2.45) is 0 Å². The van der Waals surface area contributed by atoms with Gasteiger partial charge in [-0.05, 0) is 36.8 Å². The van der Waals surface area contributed by atoms with Crippen LogP contribution >= 0.6 is 11.8 Å². The first-order chi connectivity index (χ1) is 9.15. The second-order valence-electron chi connectivity index (χ2n) is 5.30. The summed E-state index contributed by atoms with van der Waals surface area (Å²) < 4.78 is 13.4. The van der Waals surface area contributed by atoms with E-state index in [0.29, 0.717) is 16.9 Å². The zero-order chi connectivity index (χ0) is 13.7. The molecule has 1 unspecified atom stereocenters. The van der Waals surface area contributed by atoms with E-state index in [1.807, 2.05) is 11.8 Å². The summed E-state index contributed by atoms with van der Waals surface area (Å²) in [6.45, 7) is 1.40. The Morgan fingerprint density at radius 1 is 1.42 bits per heavy atom. The molecule has 0 saturated heterocycles. The number of hydrogen-bond donors (Lipinski definition) is 2. The lowest BCUT2D eigenvalue weighted by atomic mass is 10.1. The third-order valence-electron chi connectivity index (χ3n) is 3.97. The van der Waals surface area contributed by atoms with Crippen LogP contribution in [0.2, 0.25) is 0 Å². The summed E-state index contributed by atoms with van der Waals surface area (Å²) in [6.07, 6.45) is 6.62. The smallest absolute Gasteiger partial charge is 0.123 e. The second kappa shape index (κ2) is 6.73. The molecule has 0 bridgehead atoms. The predicted molar refractivity (Wildman–Crippen MR) is 78.9 cm³/mol. The minimum Gasteiger partial charge on any atom is -0.387 e. The Balaban J connectivity index is 1.82. The van der Waals surface area contributed by atoms with Crippen LogP contribution in [0, 0.1) is 5.82 Å². The molecule has 2 nitrogen and oxygen atoms in total. The highest BCUT2D eigenvalue weighted by molar-refractivity contribution is 8.00. The lowest BCUT2D eigenvalue weighted by molar-refractivity contribution is 0.173. The third-order valence-corrected chi connectivity index (χ3v) is 5.38. The minimum atomic E-state index is -0.643. The average Bonchev–Trinajstić information content (AvgIpc) is 2.88. The number of benzene rings is 1. The van der Waals surface area contributed by atoms with Crippen LogP contribution < -0.4 is 5.32 Å². The molecule has 0 radical (unpaired) electrons. The maximum Gasteiger partial charge on any atom is 0.123 e. The van der Waals surface area contributed by atoms with Gasteiger partial charge in [0.15, 0.2) is 0 Å². The minimum absolute atomic E-state index is 0.298. The fraction of sp³-hybridized carbons (Fsp3) is 0.600. The molecule has 2 rings (SSSR count). The van der Waals surface area contributed by atoms with Gasteiger partial charge < -0.3 is 10.4 Å². The lowest BCUT2D eigenvalue weighted by Gasteiger charge is -2.27. The molecule has 1 aromatic rings. The van der Waals surface area contributed by atoms with Crippen molar-refractivity contribution in [3.8, 4) is 0 Å². The van der Waals surface area contributed by atoms with Crippen LogP contribution in [-0.2, 0) is 0 Å². The van der Waals surface area contributed by atoms with Gasteiger partial charge in [-0.2, -0.15) is 11.8 Å². The van der Waals surface area contributed by atoms with Gasteiger partial charge in [-0.3, -0.25) is 0 Å². The van der Waals surface area contributed by atoms with Crippen LogP contribution in [0.3, 0.4) is 0 Å². The lowest BCUT2D eigenvalue weighted by Crippen LogP contribution is -2.37. The normalized spacial score (nSPS) is 19.5. The molecule has 1 fully saturated rings. The van der Waals surface area contributed by atoms with Gasteiger partial charge in [-0.1, -0.05) is 25.0 Å². The molecule has 1 aromatic carbocycles. The van der Waals surface area contributed by atoms with Gasteiger partial charge in [0.05, 0.1) is 6.10 Å². The van der Waals surface area contributed by atoms with E-state index in [0.717, 1.165) is 6.54 Å². The first-order valence-electron chi connectivity index (χ1n) is 6.85. The monoisotopic (exact) mass is 283 g/mol. The van der Waals surface area contributed by atoms with E-state index >= 15 is 0 Å². The fourth-order valence-electron chi connectivity index (χ4n) is 2.74. The summed E-state index contributed by atoms with van der Waals surface area (Å²) >= 11 is 1.93. The molecule has 1 aliphatic rings. The molecule has 4 heteroatoms. The SMILES string of the molecule is CSC1(CNCC(O)c2cccc(F)c2)CCCC1. The van der Waals surface area contributed by atoms with Crippen LogP contribution in [0.15, 0.2) is 24.3 Å². The van der Waals surface area contributed by atoms with E-state index in [2.05, 4.69) is 11.6 Å². The summed E-state index contributed by atoms with van der Waals surface area (Å²) in [5.41, 5.74) is 0.636. The molecular formula is C15H22FNOS. The number of hydrogen-bond acceptors (Lipinski definition) is 3. The standard InChI is InChI=1S/C15H22FNOS/c1-19-15(7-2-3-8-15)11-17-10-14(18)12-5-4-6-13(16)9-12/h4-6,9,14,17-18H,2-3,7-8,10-11H2,1H3. The van der Waals surface area contributed by atoms with Gasteiger partial charge in [0.1, 0.15) is 5.82 Å². The van der Waals surface area contributed by atoms with Crippen molar-refractivity contribution >= 4 is 11.8 Å². The van der Waals surface area contributed by atoms with E-state index in [4.69, 9.17) is 0 Å². The van der Waals surface area contributed by atoms with Crippen molar-refractivity contribution in [3.05, 3.63) is 35.6 Å². The average molecular weight is 283 g/mol. The van der Waals surface area contributed by atoms with Crippen molar-refractivity contribution in [1.82, 2.24) is 5.32 Å². The highest BCUT2D eigenvalue weighted by Gasteiger charge is 2.32. The largest absolute Gasteiger partial charge is 0.387 e. The second-order valence-corrected chi connectivity index (χ2v) is 6.57. The highest BCUT2D eigenvalue weighted by atomic mass is 32.2. The number of aliphatic hydroxyl groups excluding tert-OH is 1. The zero-order valence-corrected chi connectivity index (χ0v) is 12.2. The number of aliphatic hydroxyl groups is 1. The van der Waals surface area contributed by atoms with E-state index in [-0.39, 0.29) is 5.82 Å². The van der Waals surface area contributed by atoms with E-state index in [9.17, 15) is 9.50 Å². The number of thioether (sulfide) groups is 1. The molecule has 0 aliphatic heterocycles. The van der Waals surface area contributed by atoms with Gasteiger partial charge in [0.25, 0.3) is 0 Å². The number of halogens is 1. The Morgan fingerprint density at radius 3 is 2.79 bits per heavy atom. The topological polar surface area (TPSA) is 32.3 Å². The highest BCUT2D eigenvalue weighted by Crippen LogP contribution is 2.39. The zero-order valence-electron chi connectivity index (χ0n) is 11.4. The number of rotatable bonds is 6. The Morgan fingerprint density at radius 2 is 2.16 bits per heavy atom. The molecule has 0 amide bonds. The summed E-state index contributed by atoms with van der Waals surface area (Å²) in [6, 6.07) is 6.18. The molecular weight excluding hydrogens is 261 g/mol. The predicted octanol–water partition coefficient (Wildman–Crippen LogP) is 3.12. The van der Waals surface area contributed by atoms with Crippen LogP contribution in [0.5, 0.6) is 0 Å². The van der Waals surface area contributed by atoms with Crippen LogP contribution in [0.25, 0.3) is 0 Å². The molecule has 1 atom stereocenters. The van der Waals surface area contributed by atoms with E-state index in [1.54, 1.807) is 12.1 Å². The first-order valence-corrected chi connectivity index (χ1v) is 8.07. The van der Waals surface area contributed by atoms with Gasteiger partial charge >= 0.3 is 0 Å². The Labute approximate surface area is 118 Å². The van der Waals surface area contributed by atoms with Crippen molar-refractivity contribution < 1.29 is 9.50 Å². The van der Waals surface area contributed by atoms with Gasteiger partial charge in [-0.25, -0.2) is 4.39 Å². The van der Waals surface area contributed by atoms with Crippen molar-refractivity contribution in [2.75, 3.05) is 19.3 Å². The Bertz CT molecular complexity index is 407. The molecule has 1 saturated carbocycles. The maximum atomic E-state index is 13.1. The summed E-state index contributed by atoms with van der Waals surface area (Å²) in [5.74, 6) is -0.298. The molecule has 0 heterocycles. The van der Waals surface area contributed by atoms with Crippen LogP contribution in [0.1, 0.15) is 37.4 Å².